The molecule has 0 aliphatic heterocycles. The van der Waals surface area contributed by atoms with Gasteiger partial charge in [0, 0.05) is 10.8 Å². The molecule has 0 aromatic heterocycles. The number of hydrogen-bond acceptors (Lipinski definition) is 0. The van der Waals surface area contributed by atoms with E-state index in [2.05, 4.69) is 135 Å². The standard InChI is InChI=1S/C31H40/c1-22(2)25-20-21-26(29(3,4)5)28(31(8,9)24-18-14-11-15-19-24)27(25)30(6,7)23-16-12-10-13-17-23/h10-22H,1-9H3. The minimum absolute atomic E-state index is 0.0540. The maximum absolute atomic E-state index is 2.40. The smallest absolute Gasteiger partial charge is 0.0152 e. The van der Waals surface area contributed by atoms with Gasteiger partial charge in [-0.3, -0.25) is 0 Å². The SMILES string of the molecule is CC(C)c1ccc(C(C)(C)C)c(C(C)(C)c2ccccc2)c1C(C)(C)c1ccccc1. The first kappa shape index (κ1) is 23.3. The molecule has 3 aromatic carbocycles. The third-order valence-electron chi connectivity index (χ3n) is 6.91. The second-order valence-corrected chi connectivity index (χ2v) is 11.3. The van der Waals surface area contributed by atoms with E-state index in [1.165, 1.54) is 33.4 Å². The lowest BCUT2D eigenvalue weighted by molar-refractivity contribution is 0.521. The van der Waals surface area contributed by atoms with Gasteiger partial charge in [-0.1, -0.05) is 135 Å². The van der Waals surface area contributed by atoms with Crippen LogP contribution in [0.3, 0.4) is 0 Å². The van der Waals surface area contributed by atoms with Gasteiger partial charge >= 0.3 is 0 Å². The van der Waals surface area contributed by atoms with E-state index in [0.29, 0.717) is 5.92 Å². The van der Waals surface area contributed by atoms with E-state index >= 15 is 0 Å². The summed E-state index contributed by atoms with van der Waals surface area (Å²) in [6.07, 6.45) is 0. The molecule has 3 rings (SSSR count). The topological polar surface area (TPSA) is 0 Å². The fourth-order valence-corrected chi connectivity index (χ4v) is 5.05. The van der Waals surface area contributed by atoms with Gasteiger partial charge in [0.05, 0.1) is 0 Å². The van der Waals surface area contributed by atoms with Crippen LogP contribution in [0, 0.1) is 0 Å². The summed E-state index contributed by atoms with van der Waals surface area (Å²) in [5, 5.41) is 0. The van der Waals surface area contributed by atoms with Crippen LogP contribution < -0.4 is 0 Å². The second kappa shape index (κ2) is 8.30. The highest BCUT2D eigenvalue weighted by molar-refractivity contribution is 5.58. The molecule has 31 heavy (non-hydrogen) atoms. The zero-order chi connectivity index (χ0) is 23.0. The van der Waals surface area contributed by atoms with Gasteiger partial charge in [-0.15, -0.1) is 0 Å². The summed E-state index contributed by atoms with van der Waals surface area (Å²) in [6, 6.07) is 26.8. The van der Waals surface area contributed by atoms with Crippen molar-refractivity contribution >= 4 is 0 Å². The molecule has 0 saturated heterocycles. The van der Waals surface area contributed by atoms with E-state index in [1.807, 2.05) is 0 Å². The van der Waals surface area contributed by atoms with Gasteiger partial charge in [0.2, 0.25) is 0 Å². The van der Waals surface area contributed by atoms with Gasteiger partial charge in [-0.2, -0.15) is 0 Å². The van der Waals surface area contributed by atoms with Crippen molar-refractivity contribution in [3.05, 3.63) is 106 Å². The summed E-state index contributed by atoms with van der Waals surface area (Å²) in [7, 11) is 0. The largest absolute Gasteiger partial charge is 0.0622 e. The van der Waals surface area contributed by atoms with Crippen LogP contribution in [0.4, 0.5) is 0 Å². The van der Waals surface area contributed by atoms with Crippen LogP contribution in [0.15, 0.2) is 72.8 Å². The van der Waals surface area contributed by atoms with Crippen LogP contribution in [0.1, 0.15) is 102 Å². The number of hydrogen-bond donors (Lipinski definition) is 0. The summed E-state index contributed by atoms with van der Waals surface area (Å²) in [5.41, 5.74) is 8.46. The molecule has 0 heterocycles. The summed E-state index contributed by atoms with van der Waals surface area (Å²) in [5.74, 6) is 0.456. The first-order chi connectivity index (χ1) is 14.4. The summed E-state index contributed by atoms with van der Waals surface area (Å²) >= 11 is 0. The van der Waals surface area contributed by atoms with Crippen molar-refractivity contribution in [2.24, 2.45) is 0 Å². The average Bonchev–Trinajstić information content (AvgIpc) is 2.73. The predicted molar refractivity (Wildman–Crippen MR) is 136 cm³/mol. The summed E-state index contributed by atoms with van der Waals surface area (Å²) in [6.45, 7) is 21.3. The fraction of sp³-hybridized carbons (Fsp3) is 0.419. The molecule has 0 atom stereocenters. The molecule has 0 spiro atoms. The van der Waals surface area contributed by atoms with Gasteiger partial charge in [-0.25, -0.2) is 0 Å². The quantitative estimate of drug-likeness (QED) is 0.393. The molecule has 0 aliphatic rings. The fourth-order valence-electron chi connectivity index (χ4n) is 5.05. The molecule has 164 valence electrons. The van der Waals surface area contributed by atoms with Gasteiger partial charge in [0.25, 0.3) is 0 Å². The van der Waals surface area contributed by atoms with E-state index in [-0.39, 0.29) is 16.2 Å². The molecule has 0 bridgehead atoms. The molecule has 0 nitrogen and oxygen atoms in total. The Morgan fingerprint density at radius 1 is 0.516 bits per heavy atom. The van der Waals surface area contributed by atoms with Crippen LogP contribution in [0.2, 0.25) is 0 Å². The minimum atomic E-state index is -0.115. The lowest BCUT2D eigenvalue weighted by Crippen LogP contribution is -2.33. The second-order valence-electron chi connectivity index (χ2n) is 11.3. The molecule has 0 radical (unpaired) electrons. The highest BCUT2D eigenvalue weighted by Crippen LogP contribution is 2.48. The number of benzene rings is 3. The molecule has 0 N–H and O–H groups in total. The zero-order valence-electron chi connectivity index (χ0n) is 21.0. The molecule has 0 saturated carbocycles. The van der Waals surface area contributed by atoms with Crippen molar-refractivity contribution in [3.63, 3.8) is 0 Å². The van der Waals surface area contributed by atoms with E-state index in [1.54, 1.807) is 0 Å². The van der Waals surface area contributed by atoms with Gasteiger partial charge < -0.3 is 0 Å². The molecular weight excluding hydrogens is 372 g/mol. The third kappa shape index (κ3) is 4.36. The normalized spacial score (nSPS) is 13.0. The Bertz CT molecular complexity index is 1010. The van der Waals surface area contributed by atoms with Crippen LogP contribution in [0.25, 0.3) is 0 Å². The highest BCUT2D eigenvalue weighted by Gasteiger charge is 2.39. The van der Waals surface area contributed by atoms with Crippen LogP contribution in [-0.2, 0) is 16.2 Å². The third-order valence-corrected chi connectivity index (χ3v) is 6.91. The number of rotatable bonds is 5. The van der Waals surface area contributed by atoms with Crippen LogP contribution >= 0.6 is 0 Å². The first-order valence-electron chi connectivity index (χ1n) is 11.7. The molecule has 0 amide bonds. The average molecular weight is 413 g/mol. The predicted octanol–water partition coefficient (Wildman–Crippen LogP) is 8.76. The Balaban J connectivity index is 2.49. The van der Waals surface area contributed by atoms with Crippen molar-refractivity contribution in [3.8, 4) is 0 Å². The summed E-state index contributed by atoms with van der Waals surface area (Å²) in [4.78, 5) is 0. The molecule has 3 aromatic rings. The van der Waals surface area contributed by atoms with Crippen molar-refractivity contribution in [1.82, 2.24) is 0 Å². The zero-order valence-corrected chi connectivity index (χ0v) is 21.0. The van der Waals surface area contributed by atoms with Crippen molar-refractivity contribution in [2.45, 2.75) is 84.5 Å². The Morgan fingerprint density at radius 3 is 1.32 bits per heavy atom. The van der Waals surface area contributed by atoms with Crippen molar-refractivity contribution in [1.29, 1.82) is 0 Å². The van der Waals surface area contributed by atoms with E-state index < -0.39 is 0 Å². The first-order valence-corrected chi connectivity index (χ1v) is 11.7. The molecule has 0 unspecified atom stereocenters. The maximum atomic E-state index is 2.40. The maximum Gasteiger partial charge on any atom is 0.0152 e. The monoisotopic (exact) mass is 412 g/mol. The van der Waals surface area contributed by atoms with Crippen molar-refractivity contribution < 1.29 is 0 Å². The Morgan fingerprint density at radius 2 is 0.935 bits per heavy atom. The van der Waals surface area contributed by atoms with Crippen molar-refractivity contribution in [2.75, 3.05) is 0 Å². The van der Waals surface area contributed by atoms with Gasteiger partial charge in [0.1, 0.15) is 0 Å². The van der Waals surface area contributed by atoms with Crippen LogP contribution in [0.5, 0.6) is 0 Å². The molecule has 0 fully saturated rings. The lowest BCUT2D eigenvalue weighted by Gasteiger charge is -2.42. The highest BCUT2D eigenvalue weighted by atomic mass is 14.4. The Labute approximate surface area is 190 Å². The van der Waals surface area contributed by atoms with E-state index in [4.69, 9.17) is 0 Å². The minimum Gasteiger partial charge on any atom is -0.0622 e. The Hall–Kier alpha value is -2.34. The van der Waals surface area contributed by atoms with E-state index in [9.17, 15) is 0 Å². The van der Waals surface area contributed by atoms with Gasteiger partial charge in [-0.05, 0) is 44.7 Å². The van der Waals surface area contributed by atoms with Crippen LogP contribution in [-0.4, -0.2) is 0 Å². The van der Waals surface area contributed by atoms with E-state index in [0.717, 1.165) is 0 Å². The molecule has 0 aliphatic carbocycles. The lowest BCUT2D eigenvalue weighted by atomic mass is 9.62. The molecule has 0 heteroatoms. The Kier molecular flexibility index (Phi) is 6.25. The molecular formula is C31H40. The summed E-state index contributed by atoms with van der Waals surface area (Å²) < 4.78 is 0. The van der Waals surface area contributed by atoms with Gasteiger partial charge in [0.15, 0.2) is 0 Å².